The molecule has 2 rings (SSSR count). The molecule has 1 atom stereocenters. The third kappa shape index (κ3) is 1.65. The van der Waals surface area contributed by atoms with Crippen LogP contribution in [0.2, 0.25) is 0 Å². The molecule has 1 aliphatic rings. The fourth-order valence-corrected chi connectivity index (χ4v) is 2.68. The smallest absolute Gasteiger partial charge is 0.0320 e. The molecule has 1 N–H and O–H groups in total. The molecule has 2 heteroatoms. The number of nitrogens with one attached hydrogen (secondary N) is 1. The fourth-order valence-electron chi connectivity index (χ4n) is 2.10. The molecule has 1 aromatic rings. The van der Waals surface area contributed by atoms with Crippen molar-refractivity contribution in [2.24, 2.45) is 0 Å². The predicted molar refractivity (Wildman–Crippen MR) is 58.9 cm³/mol. The van der Waals surface area contributed by atoms with Gasteiger partial charge in [-0.25, -0.2) is 0 Å². The zero-order valence-corrected chi connectivity index (χ0v) is 9.39. The van der Waals surface area contributed by atoms with Crippen molar-refractivity contribution in [2.75, 3.05) is 7.05 Å². The summed E-state index contributed by atoms with van der Waals surface area (Å²) in [5.74, 6) is 0. The molecular weight excluding hydrogens is 226 g/mol. The van der Waals surface area contributed by atoms with E-state index in [4.69, 9.17) is 0 Å². The maximum Gasteiger partial charge on any atom is 0.0320 e. The van der Waals surface area contributed by atoms with Crippen LogP contribution in [0.3, 0.4) is 0 Å². The van der Waals surface area contributed by atoms with Gasteiger partial charge in [-0.3, -0.25) is 0 Å². The number of halogens is 1. The Morgan fingerprint density at radius 2 is 2.31 bits per heavy atom. The SMILES string of the molecule is CNC1CCCc2c(Br)cccc21. The second-order valence-electron chi connectivity index (χ2n) is 3.54. The van der Waals surface area contributed by atoms with Gasteiger partial charge in [-0.05, 0) is 43.5 Å². The summed E-state index contributed by atoms with van der Waals surface area (Å²) in [6.07, 6.45) is 3.77. The van der Waals surface area contributed by atoms with Crippen molar-refractivity contribution in [2.45, 2.75) is 25.3 Å². The van der Waals surface area contributed by atoms with Crippen LogP contribution in [0.4, 0.5) is 0 Å². The van der Waals surface area contributed by atoms with E-state index in [1.54, 1.807) is 0 Å². The van der Waals surface area contributed by atoms with Crippen LogP contribution < -0.4 is 5.32 Å². The fraction of sp³-hybridized carbons (Fsp3) is 0.455. The van der Waals surface area contributed by atoms with Crippen LogP contribution in [0.1, 0.15) is 30.0 Å². The lowest BCUT2D eigenvalue weighted by atomic mass is 9.88. The molecule has 1 nitrogen and oxygen atoms in total. The summed E-state index contributed by atoms with van der Waals surface area (Å²) in [6, 6.07) is 7.05. The first-order valence-electron chi connectivity index (χ1n) is 4.77. The minimum absolute atomic E-state index is 0.557. The first-order chi connectivity index (χ1) is 6.33. The Labute approximate surface area is 87.7 Å². The maximum absolute atomic E-state index is 3.61. The summed E-state index contributed by atoms with van der Waals surface area (Å²) in [6.45, 7) is 0. The van der Waals surface area contributed by atoms with Crippen molar-refractivity contribution in [3.05, 3.63) is 33.8 Å². The second kappa shape index (κ2) is 3.81. The minimum atomic E-state index is 0.557. The molecule has 0 aliphatic heterocycles. The highest BCUT2D eigenvalue weighted by atomic mass is 79.9. The Hall–Kier alpha value is -0.340. The highest BCUT2D eigenvalue weighted by Crippen LogP contribution is 2.33. The molecule has 0 amide bonds. The van der Waals surface area contributed by atoms with Gasteiger partial charge in [0.2, 0.25) is 0 Å². The van der Waals surface area contributed by atoms with Crippen molar-refractivity contribution in [1.82, 2.24) is 5.32 Å². The molecule has 70 valence electrons. The van der Waals surface area contributed by atoms with Crippen molar-refractivity contribution in [3.8, 4) is 0 Å². The van der Waals surface area contributed by atoms with Crippen LogP contribution >= 0.6 is 15.9 Å². The van der Waals surface area contributed by atoms with Gasteiger partial charge in [0.15, 0.2) is 0 Å². The van der Waals surface area contributed by atoms with E-state index in [1.165, 1.54) is 34.9 Å². The third-order valence-electron chi connectivity index (χ3n) is 2.80. The van der Waals surface area contributed by atoms with E-state index < -0.39 is 0 Å². The molecule has 1 unspecified atom stereocenters. The first kappa shape index (κ1) is 9.22. The summed E-state index contributed by atoms with van der Waals surface area (Å²) < 4.78 is 1.27. The lowest BCUT2D eigenvalue weighted by Gasteiger charge is -2.25. The quantitative estimate of drug-likeness (QED) is 0.795. The number of fused-ring (bicyclic) bond motifs is 1. The largest absolute Gasteiger partial charge is 0.313 e. The summed E-state index contributed by atoms with van der Waals surface area (Å²) in [7, 11) is 2.04. The number of hydrogen-bond acceptors (Lipinski definition) is 1. The topological polar surface area (TPSA) is 12.0 Å². The molecule has 0 radical (unpaired) electrons. The Kier molecular flexibility index (Phi) is 2.70. The molecule has 0 saturated carbocycles. The van der Waals surface area contributed by atoms with Crippen LogP contribution in [-0.2, 0) is 6.42 Å². The number of hydrogen-bond donors (Lipinski definition) is 1. The van der Waals surface area contributed by atoms with Gasteiger partial charge in [0.1, 0.15) is 0 Å². The normalized spacial score (nSPS) is 21.2. The molecule has 1 aromatic carbocycles. The average Bonchev–Trinajstić information content (AvgIpc) is 2.18. The van der Waals surface area contributed by atoms with E-state index in [0.29, 0.717) is 6.04 Å². The molecule has 0 heterocycles. The van der Waals surface area contributed by atoms with Crippen molar-refractivity contribution in [3.63, 3.8) is 0 Å². The first-order valence-corrected chi connectivity index (χ1v) is 5.57. The lowest BCUT2D eigenvalue weighted by Crippen LogP contribution is -2.21. The zero-order valence-electron chi connectivity index (χ0n) is 7.81. The van der Waals surface area contributed by atoms with Gasteiger partial charge in [0, 0.05) is 10.5 Å². The molecule has 0 spiro atoms. The zero-order chi connectivity index (χ0) is 9.26. The van der Waals surface area contributed by atoms with Crippen LogP contribution in [0.25, 0.3) is 0 Å². The Bertz CT molecular complexity index is 309. The Balaban J connectivity index is 2.45. The van der Waals surface area contributed by atoms with Gasteiger partial charge in [-0.15, -0.1) is 0 Å². The molecule has 13 heavy (non-hydrogen) atoms. The van der Waals surface area contributed by atoms with Gasteiger partial charge < -0.3 is 5.32 Å². The third-order valence-corrected chi connectivity index (χ3v) is 3.54. The van der Waals surface area contributed by atoms with Crippen LogP contribution in [-0.4, -0.2) is 7.05 Å². The standard InChI is InChI=1S/C11H14BrN/c1-13-11-7-3-4-8-9(11)5-2-6-10(8)12/h2,5-6,11,13H,3-4,7H2,1H3. The highest BCUT2D eigenvalue weighted by Gasteiger charge is 2.19. The Morgan fingerprint density at radius 3 is 3.08 bits per heavy atom. The highest BCUT2D eigenvalue weighted by molar-refractivity contribution is 9.10. The van der Waals surface area contributed by atoms with Gasteiger partial charge in [-0.1, -0.05) is 28.1 Å². The summed E-state index contributed by atoms with van der Waals surface area (Å²) >= 11 is 3.61. The van der Waals surface area contributed by atoms with Crippen molar-refractivity contribution in [1.29, 1.82) is 0 Å². The molecule has 0 saturated heterocycles. The average molecular weight is 240 g/mol. The lowest BCUT2D eigenvalue weighted by molar-refractivity contribution is 0.495. The number of rotatable bonds is 1. The summed E-state index contributed by atoms with van der Waals surface area (Å²) in [5.41, 5.74) is 2.97. The van der Waals surface area contributed by atoms with Crippen LogP contribution in [0.15, 0.2) is 22.7 Å². The van der Waals surface area contributed by atoms with E-state index in [-0.39, 0.29) is 0 Å². The monoisotopic (exact) mass is 239 g/mol. The van der Waals surface area contributed by atoms with Crippen LogP contribution in [0, 0.1) is 0 Å². The van der Waals surface area contributed by atoms with Gasteiger partial charge >= 0.3 is 0 Å². The number of benzene rings is 1. The maximum atomic E-state index is 3.61. The molecule has 0 bridgehead atoms. The summed E-state index contributed by atoms with van der Waals surface area (Å²) in [4.78, 5) is 0. The summed E-state index contributed by atoms with van der Waals surface area (Å²) in [5, 5.41) is 3.37. The van der Waals surface area contributed by atoms with E-state index in [1.807, 2.05) is 7.05 Å². The van der Waals surface area contributed by atoms with Crippen LogP contribution in [0.5, 0.6) is 0 Å². The molecule has 1 aliphatic carbocycles. The van der Waals surface area contributed by atoms with Gasteiger partial charge in [-0.2, -0.15) is 0 Å². The van der Waals surface area contributed by atoms with E-state index in [9.17, 15) is 0 Å². The minimum Gasteiger partial charge on any atom is -0.313 e. The molecule has 0 aromatic heterocycles. The Morgan fingerprint density at radius 1 is 1.46 bits per heavy atom. The predicted octanol–water partition coefficient (Wildman–Crippen LogP) is 3.05. The van der Waals surface area contributed by atoms with Crippen molar-refractivity contribution < 1.29 is 0 Å². The van der Waals surface area contributed by atoms with Gasteiger partial charge in [0.05, 0.1) is 0 Å². The molecule has 0 fully saturated rings. The van der Waals surface area contributed by atoms with E-state index in [2.05, 4.69) is 39.4 Å². The van der Waals surface area contributed by atoms with Gasteiger partial charge in [0.25, 0.3) is 0 Å². The van der Waals surface area contributed by atoms with E-state index in [0.717, 1.165) is 0 Å². The second-order valence-corrected chi connectivity index (χ2v) is 4.40. The molecular formula is C11H14BrN. The van der Waals surface area contributed by atoms with E-state index >= 15 is 0 Å². The van der Waals surface area contributed by atoms with Crippen molar-refractivity contribution >= 4 is 15.9 Å².